The molecule has 1 aromatic carbocycles. The summed E-state index contributed by atoms with van der Waals surface area (Å²) in [6.07, 6.45) is 0.823. The smallest absolute Gasteiger partial charge is 0.119 e. The molecule has 3 heteroatoms. The summed E-state index contributed by atoms with van der Waals surface area (Å²) in [6.45, 7) is 4.65. The largest absolute Gasteiger partial charge is 0.493 e. The highest BCUT2D eigenvalue weighted by atomic mass is 16.5. The van der Waals surface area contributed by atoms with E-state index < -0.39 is 0 Å². The second-order valence-corrected chi connectivity index (χ2v) is 4.20. The molecule has 0 unspecified atom stereocenters. The number of nitrogens with zero attached hydrogens (tertiary/aromatic N) is 1. The lowest BCUT2D eigenvalue weighted by Gasteiger charge is -2.22. The molecule has 0 aliphatic heterocycles. The van der Waals surface area contributed by atoms with Gasteiger partial charge in [-0.2, -0.15) is 5.26 Å². The normalized spacial score (nSPS) is 10.9. The maximum atomic E-state index is 8.64. The zero-order valence-electron chi connectivity index (χ0n) is 9.99. The molecule has 16 heavy (non-hydrogen) atoms. The predicted molar refractivity (Wildman–Crippen MR) is 62.4 cm³/mol. The summed E-state index contributed by atoms with van der Waals surface area (Å²) in [7, 11) is 1.70. The Bertz CT molecular complexity index is 363. The standard InChI is InChI=1S/C13H17NO2/c1-13(2,15-3)8-9-16-12-6-4-11(10-14)5-7-12/h4-7H,8-9H2,1-3H3. The van der Waals surface area contributed by atoms with Crippen LogP contribution in [0.5, 0.6) is 5.75 Å². The van der Waals surface area contributed by atoms with E-state index in [1.165, 1.54) is 0 Å². The summed E-state index contributed by atoms with van der Waals surface area (Å²) in [5.74, 6) is 0.783. The fraction of sp³-hybridized carbons (Fsp3) is 0.462. The second kappa shape index (κ2) is 5.53. The maximum absolute atomic E-state index is 8.64. The van der Waals surface area contributed by atoms with Gasteiger partial charge in [0.25, 0.3) is 0 Å². The molecule has 1 rings (SSSR count). The van der Waals surface area contributed by atoms with E-state index in [2.05, 4.69) is 6.07 Å². The Balaban J connectivity index is 2.41. The van der Waals surface area contributed by atoms with Crippen molar-refractivity contribution in [3.63, 3.8) is 0 Å². The van der Waals surface area contributed by atoms with Gasteiger partial charge in [-0.05, 0) is 38.1 Å². The Kier molecular flexibility index (Phi) is 4.33. The van der Waals surface area contributed by atoms with Crippen LogP contribution in [0.4, 0.5) is 0 Å². The van der Waals surface area contributed by atoms with Crippen LogP contribution in [-0.2, 0) is 4.74 Å². The molecule has 0 bridgehead atoms. The van der Waals surface area contributed by atoms with Crippen molar-refractivity contribution < 1.29 is 9.47 Å². The highest BCUT2D eigenvalue weighted by Crippen LogP contribution is 2.16. The summed E-state index contributed by atoms with van der Waals surface area (Å²) >= 11 is 0. The Labute approximate surface area is 96.6 Å². The van der Waals surface area contributed by atoms with E-state index in [-0.39, 0.29) is 5.60 Å². The molecule has 0 atom stereocenters. The number of hydrogen-bond donors (Lipinski definition) is 0. The first kappa shape index (κ1) is 12.5. The molecule has 0 N–H and O–H groups in total. The van der Waals surface area contributed by atoms with E-state index >= 15 is 0 Å². The summed E-state index contributed by atoms with van der Waals surface area (Å²) < 4.78 is 10.8. The number of methoxy groups -OCH3 is 1. The summed E-state index contributed by atoms with van der Waals surface area (Å²) in [5, 5.41) is 8.64. The van der Waals surface area contributed by atoms with Crippen LogP contribution in [-0.4, -0.2) is 19.3 Å². The average molecular weight is 219 g/mol. The highest BCUT2D eigenvalue weighted by Gasteiger charge is 2.15. The Morgan fingerprint density at radius 1 is 1.25 bits per heavy atom. The van der Waals surface area contributed by atoms with Crippen LogP contribution < -0.4 is 4.74 Å². The SMILES string of the molecule is COC(C)(C)CCOc1ccc(C#N)cc1. The molecular formula is C13H17NO2. The van der Waals surface area contributed by atoms with E-state index in [1.54, 1.807) is 31.4 Å². The van der Waals surface area contributed by atoms with E-state index in [0.717, 1.165) is 12.2 Å². The van der Waals surface area contributed by atoms with Gasteiger partial charge in [0.2, 0.25) is 0 Å². The molecule has 0 radical (unpaired) electrons. The third-order valence-electron chi connectivity index (χ3n) is 2.51. The van der Waals surface area contributed by atoms with Gasteiger partial charge >= 0.3 is 0 Å². The fourth-order valence-electron chi connectivity index (χ4n) is 1.14. The van der Waals surface area contributed by atoms with Gasteiger partial charge in [0.15, 0.2) is 0 Å². The van der Waals surface area contributed by atoms with Gasteiger partial charge in [0.05, 0.1) is 23.8 Å². The van der Waals surface area contributed by atoms with E-state index in [1.807, 2.05) is 13.8 Å². The van der Waals surface area contributed by atoms with Gasteiger partial charge < -0.3 is 9.47 Å². The lowest BCUT2D eigenvalue weighted by molar-refractivity contribution is 0.00546. The monoisotopic (exact) mass is 219 g/mol. The molecule has 0 aromatic heterocycles. The van der Waals surface area contributed by atoms with Crippen molar-refractivity contribution in [1.29, 1.82) is 5.26 Å². The third-order valence-corrected chi connectivity index (χ3v) is 2.51. The van der Waals surface area contributed by atoms with E-state index in [9.17, 15) is 0 Å². The number of rotatable bonds is 5. The molecule has 0 saturated carbocycles. The number of benzene rings is 1. The van der Waals surface area contributed by atoms with Gasteiger partial charge in [-0.3, -0.25) is 0 Å². The van der Waals surface area contributed by atoms with Gasteiger partial charge in [0.1, 0.15) is 5.75 Å². The van der Waals surface area contributed by atoms with Crippen molar-refractivity contribution in [3.8, 4) is 11.8 Å². The van der Waals surface area contributed by atoms with Gasteiger partial charge in [-0.15, -0.1) is 0 Å². The quantitative estimate of drug-likeness (QED) is 0.764. The average Bonchev–Trinajstić information content (AvgIpc) is 2.30. The van der Waals surface area contributed by atoms with Crippen LogP contribution in [0.1, 0.15) is 25.8 Å². The van der Waals surface area contributed by atoms with Crippen molar-refractivity contribution in [2.75, 3.05) is 13.7 Å². The summed E-state index contributed by atoms with van der Waals surface area (Å²) in [6, 6.07) is 9.17. The topological polar surface area (TPSA) is 42.2 Å². The first-order valence-electron chi connectivity index (χ1n) is 5.25. The third kappa shape index (κ3) is 3.92. The summed E-state index contributed by atoms with van der Waals surface area (Å²) in [5.41, 5.74) is 0.483. The van der Waals surface area contributed by atoms with Crippen molar-refractivity contribution in [3.05, 3.63) is 29.8 Å². The number of ether oxygens (including phenoxy) is 2. The summed E-state index contributed by atoms with van der Waals surface area (Å²) in [4.78, 5) is 0. The fourth-order valence-corrected chi connectivity index (χ4v) is 1.14. The molecule has 0 saturated heterocycles. The Hall–Kier alpha value is -1.53. The number of nitriles is 1. The minimum absolute atomic E-state index is 0.160. The van der Waals surface area contributed by atoms with Crippen LogP contribution in [0.2, 0.25) is 0 Å². The Morgan fingerprint density at radius 3 is 2.38 bits per heavy atom. The van der Waals surface area contributed by atoms with Crippen molar-refractivity contribution in [2.24, 2.45) is 0 Å². The van der Waals surface area contributed by atoms with Crippen LogP contribution in [0.3, 0.4) is 0 Å². The first-order valence-corrected chi connectivity index (χ1v) is 5.25. The van der Waals surface area contributed by atoms with Crippen LogP contribution in [0.15, 0.2) is 24.3 Å². The molecule has 0 heterocycles. The van der Waals surface area contributed by atoms with Crippen molar-refractivity contribution in [2.45, 2.75) is 25.9 Å². The molecule has 1 aromatic rings. The molecule has 0 aliphatic rings. The molecule has 0 amide bonds. The van der Waals surface area contributed by atoms with Crippen LogP contribution in [0, 0.1) is 11.3 Å². The lowest BCUT2D eigenvalue weighted by atomic mass is 10.1. The van der Waals surface area contributed by atoms with E-state index in [0.29, 0.717) is 12.2 Å². The van der Waals surface area contributed by atoms with Gasteiger partial charge in [-0.1, -0.05) is 0 Å². The van der Waals surface area contributed by atoms with Gasteiger partial charge in [-0.25, -0.2) is 0 Å². The van der Waals surface area contributed by atoms with Crippen molar-refractivity contribution in [1.82, 2.24) is 0 Å². The molecule has 3 nitrogen and oxygen atoms in total. The first-order chi connectivity index (χ1) is 7.57. The lowest BCUT2D eigenvalue weighted by Crippen LogP contribution is -2.25. The molecular weight excluding hydrogens is 202 g/mol. The van der Waals surface area contributed by atoms with Gasteiger partial charge in [0, 0.05) is 13.5 Å². The number of hydrogen-bond acceptors (Lipinski definition) is 3. The van der Waals surface area contributed by atoms with E-state index in [4.69, 9.17) is 14.7 Å². The second-order valence-electron chi connectivity index (χ2n) is 4.20. The predicted octanol–water partition coefficient (Wildman–Crippen LogP) is 2.75. The molecule has 0 fully saturated rings. The zero-order valence-corrected chi connectivity index (χ0v) is 9.99. The molecule has 86 valence electrons. The minimum Gasteiger partial charge on any atom is -0.493 e. The molecule has 0 spiro atoms. The maximum Gasteiger partial charge on any atom is 0.119 e. The van der Waals surface area contributed by atoms with Crippen LogP contribution >= 0.6 is 0 Å². The highest BCUT2D eigenvalue weighted by molar-refractivity contribution is 5.34. The minimum atomic E-state index is -0.160. The zero-order chi connectivity index (χ0) is 12.0. The van der Waals surface area contributed by atoms with Crippen LogP contribution in [0.25, 0.3) is 0 Å². The van der Waals surface area contributed by atoms with Crippen molar-refractivity contribution >= 4 is 0 Å². The molecule has 0 aliphatic carbocycles. The Morgan fingerprint density at radius 2 is 1.88 bits per heavy atom.